The topological polar surface area (TPSA) is 71.7 Å². The van der Waals surface area contributed by atoms with Gasteiger partial charge in [0.05, 0.1) is 24.6 Å². The molecule has 2 fully saturated rings. The average molecular weight is 276 g/mol. The molecule has 1 aromatic heterocycles. The molecule has 2 aliphatic heterocycles. The Labute approximate surface area is 118 Å². The number of nitrogens with zero attached hydrogens (tertiary/aromatic N) is 3. The second-order valence-corrected chi connectivity index (χ2v) is 5.40. The molecule has 3 heterocycles. The molecule has 108 valence electrons. The number of nitrogen functional groups attached to an aromatic ring is 1. The lowest BCUT2D eigenvalue weighted by atomic mass is 10.1. The van der Waals surface area contributed by atoms with Gasteiger partial charge in [0, 0.05) is 25.7 Å². The third-order valence-corrected chi connectivity index (χ3v) is 4.24. The number of rotatable bonds is 2. The number of methoxy groups -OCH3 is 1. The third kappa shape index (κ3) is 2.31. The van der Waals surface area contributed by atoms with Gasteiger partial charge in [-0.05, 0) is 25.5 Å². The lowest BCUT2D eigenvalue weighted by Crippen LogP contribution is -2.50. The van der Waals surface area contributed by atoms with Crippen LogP contribution in [-0.4, -0.2) is 55.2 Å². The van der Waals surface area contributed by atoms with Crippen molar-refractivity contribution in [2.75, 3.05) is 43.9 Å². The Morgan fingerprint density at radius 2 is 2.30 bits per heavy atom. The quantitative estimate of drug-likeness (QED) is 0.803. The fourth-order valence-corrected chi connectivity index (χ4v) is 3.11. The Morgan fingerprint density at radius 1 is 1.45 bits per heavy atom. The fraction of sp³-hybridized carbons (Fsp3) is 0.571. The summed E-state index contributed by atoms with van der Waals surface area (Å²) in [5.41, 5.74) is 6.55. The van der Waals surface area contributed by atoms with Gasteiger partial charge in [-0.25, -0.2) is 9.78 Å². The van der Waals surface area contributed by atoms with E-state index in [4.69, 9.17) is 10.5 Å². The number of aromatic nitrogens is 1. The number of ether oxygens (including phenoxy) is 1. The normalized spacial score (nSPS) is 22.6. The molecule has 3 rings (SSSR count). The van der Waals surface area contributed by atoms with Crippen molar-refractivity contribution in [3.8, 4) is 0 Å². The minimum absolute atomic E-state index is 0.361. The van der Waals surface area contributed by atoms with Gasteiger partial charge in [-0.15, -0.1) is 0 Å². The maximum atomic E-state index is 11.7. The van der Waals surface area contributed by atoms with Crippen molar-refractivity contribution < 1.29 is 9.53 Å². The highest BCUT2D eigenvalue weighted by atomic mass is 16.5. The molecule has 2 N–H and O–H groups in total. The van der Waals surface area contributed by atoms with Crippen molar-refractivity contribution >= 4 is 17.5 Å². The van der Waals surface area contributed by atoms with Crippen LogP contribution in [0, 0.1) is 0 Å². The number of pyridine rings is 1. The van der Waals surface area contributed by atoms with Crippen molar-refractivity contribution in [3.63, 3.8) is 0 Å². The predicted octanol–water partition coefficient (Wildman–Crippen LogP) is 0.735. The molecule has 6 nitrogen and oxygen atoms in total. The first-order chi connectivity index (χ1) is 9.69. The summed E-state index contributed by atoms with van der Waals surface area (Å²) < 4.78 is 4.76. The van der Waals surface area contributed by atoms with Crippen LogP contribution in [0.3, 0.4) is 0 Å². The summed E-state index contributed by atoms with van der Waals surface area (Å²) >= 11 is 0. The molecule has 0 aliphatic carbocycles. The van der Waals surface area contributed by atoms with Crippen LogP contribution >= 0.6 is 0 Å². The Hall–Kier alpha value is -1.82. The maximum Gasteiger partial charge on any atom is 0.340 e. The molecule has 0 spiro atoms. The lowest BCUT2D eigenvalue weighted by molar-refractivity contribution is 0.0602. The average Bonchev–Trinajstić information content (AvgIpc) is 2.94. The molecule has 0 saturated carbocycles. The summed E-state index contributed by atoms with van der Waals surface area (Å²) in [5, 5.41) is 0. The molecule has 0 amide bonds. The van der Waals surface area contributed by atoms with Crippen molar-refractivity contribution in [2.45, 2.75) is 18.9 Å². The van der Waals surface area contributed by atoms with E-state index in [0.29, 0.717) is 17.3 Å². The van der Waals surface area contributed by atoms with Crippen LogP contribution in [-0.2, 0) is 4.74 Å². The van der Waals surface area contributed by atoms with Gasteiger partial charge < -0.3 is 15.4 Å². The van der Waals surface area contributed by atoms with E-state index in [1.54, 1.807) is 12.3 Å². The van der Waals surface area contributed by atoms with Crippen molar-refractivity contribution in [1.29, 1.82) is 0 Å². The van der Waals surface area contributed by atoms with Gasteiger partial charge in [0.15, 0.2) is 0 Å². The number of piperazine rings is 1. The molecule has 6 heteroatoms. The zero-order chi connectivity index (χ0) is 14.1. The Morgan fingerprint density at radius 3 is 3.10 bits per heavy atom. The number of carbonyl (C=O) groups excluding carboxylic acids is 1. The minimum atomic E-state index is -0.411. The van der Waals surface area contributed by atoms with Crippen LogP contribution in [0.25, 0.3) is 0 Å². The van der Waals surface area contributed by atoms with Gasteiger partial charge in [0.1, 0.15) is 5.82 Å². The number of nitrogens with two attached hydrogens (primary N) is 1. The predicted molar refractivity (Wildman–Crippen MR) is 76.8 cm³/mol. The van der Waals surface area contributed by atoms with Crippen LogP contribution in [0.5, 0.6) is 0 Å². The standard InChI is InChI=1S/C14H20N4O2/c1-20-14(19)11-7-13(16-8-12(11)15)18-6-5-17-4-2-3-10(17)9-18/h7-8,10H,2-6,9,15H2,1H3. The first kappa shape index (κ1) is 13.2. The van der Waals surface area contributed by atoms with Crippen molar-refractivity contribution in [1.82, 2.24) is 9.88 Å². The SMILES string of the molecule is COC(=O)c1cc(N2CCN3CCCC3C2)ncc1N. The van der Waals surface area contributed by atoms with E-state index in [2.05, 4.69) is 14.8 Å². The van der Waals surface area contributed by atoms with E-state index in [1.165, 1.54) is 26.5 Å². The number of anilines is 2. The number of fused-ring (bicyclic) bond motifs is 1. The smallest absolute Gasteiger partial charge is 0.340 e. The highest BCUT2D eigenvalue weighted by Crippen LogP contribution is 2.26. The van der Waals surface area contributed by atoms with Crippen LogP contribution in [0.4, 0.5) is 11.5 Å². The second-order valence-electron chi connectivity index (χ2n) is 5.40. The number of hydrogen-bond donors (Lipinski definition) is 1. The van der Waals surface area contributed by atoms with Gasteiger partial charge in [-0.2, -0.15) is 0 Å². The summed E-state index contributed by atoms with van der Waals surface area (Å²) in [4.78, 5) is 20.8. The molecule has 0 bridgehead atoms. The molecule has 1 atom stereocenters. The van der Waals surface area contributed by atoms with Crippen LogP contribution in [0.15, 0.2) is 12.3 Å². The van der Waals surface area contributed by atoms with Crippen LogP contribution < -0.4 is 10.6 Å². The molecule has 0 radical (unpaired) electrons. The Bertz CT molecular complexity index is 520. The van der Waals surface area contributed by atoms with Crippen LogP contribution in [0.1, 0.15) is 23.2 Å². The Balaban J connectivity index is 1.81. The summed E-state index contributed by atoms with van der Waals surface area (Å²) in [6.07, 6.45) is 4.07. The summed E-state index contributed by atoms with van der Waals surface area (Å²) in [5.74, 6) is 0.400. The van der Waals surface area contributed by atoms with E-state index < -0.39 is 5.97 Å². The van der Waals surface area contributed by atoms with Gasteiger partial charge in [0.2, 0.25) is 0 Å². The third-order valence-electron chi connectivity index (χ3n) is 4.24. The van der Waals surface area contributed by atoms with E-state index in [1.807, 2.05) is 0 Å². The fourth-order valence-electron chi connectivity index (χ4n) is 3.11. The number of esters is 1. The lowest BCUT2D eigenvalue weighted by Gasteiger charge is -2.38. The molecule has 20 heavy (non-hydrogen) atoms. The van der Waals surface area contributed by atoms with Gasteiger partial charge in [-0.1, -0.05) is 0 Å². The van der Waals surface area contributed by atoms with E-state index in [0.717, 1.165) is 25.5 Å². The number of hydrogen-bond acceptors (Lipinski definition) is 6. The summed E-state index contributed by atoms with van der Waals surface area (Å²) in [7, 11) is 1.36. The van der Waals surface area contributed by atoms with Crippen LogP contribution in [0.2, 0.25) is 0 Å². The van der Waals surface area contributed by atoms with Crippen molar-refractivity contribution in [3.05, 3.63) is 17.8 Å². The highest BCUT2D eigenvalue weighted by molar-refractivity contribution is 5.95. The van der Waals surface area contributed by atoms with Gasteiger partial charge in [-0.3, -0.25) is 4.90 Å². The molecule has 1 aromatic rings. The second kappa shape index (κ2) is 5.28. The van der Waals surface area contributed by atoms with E-state index >= 15 is 0 Å². The summed E-state index contributed by atoms with van der Waals surface area (Å²) in [6.45, 7) is 4.18. The highest BCUT2D eigenvalue weighted by Gasteiger charge is 2.31. The summed E-state index contributed by atoms with van der Waals surface area (Å²) in [6, 6.07) is 2.36. The Kier molecular flexibility index (Phi) is 3.48. The molecule has 2 aliphatic rings. The number of carbonyl (C=O) groups is 1. The monoisotopic (exact) mass is 276 g/mol. The molecule has 2 saturated heterocycles. The first-order valence-corrected chi connectivity index (χ1v) is 7.02. The molecular formula is C14H20N4O2. The minimum Gasteiger partial charge on any atom is -0.465 e. The zero-order valence-electron chi connectivity index (χ0n) is 11.7. The maximum absolute atomic E-state index is 11.7. The largest absolute Gasteiger partial charge is 0.465 e. The molecule has 1 unspecified atom stereocenters. The zero-order valence-corrected chi connectivity index (χ0v) is 11.7. The van der Waals surface area contributed by atoms with Gasteiger partial charge >= 0.3 is 5.97 Å². The molecule has 0 aromatic carbocycles. The van der Waals surface area contributed by atoms with E-state index in [-0.39, 0.29) is 0 Å². The molecular weight excluding hydrogens is 256 g/mol. The van der Waals surface area contributed by atoms with Crippen molar-refractivity contribution in [2.24, 2.45) is 0 Å². The van der Waals surface area contributed by atoms with E-state index in [9.17, 15) is 4.79 Å². The van der Waals surface area contributed by atoms with Gasteiger partial charge in [0.25, 0.3) is 0 Å². The first-order valence-electron chi connectivity index (χ1n) is 7.02.